The Morgan fingerprint density at radius 2 is 2.12 bits per heavy atom. The lowest BCUT2D eigenvalue weighted by atomic mass is 10.1. The van der Waals surface area contributed by atoms with Crippen LogP contribution >= 0.6 is 24.0 Å². The Balaban J connectivity index is 0.00000312. The van der Waals surface area contributed by atoms with Gasteiger partial charge in [-0.2, -0.15) is 0 Å². The zero-order chi connectivity index (χ0) is 17.0. The molecule has 5 nitrogen and oxygen atoms in total. The Morgan fingerprint density at radius 3 is 2.84 bits per heavy atom. The van der Waals surface area contributed by atoms with Gasteiger partial charge in [0.05, 0.1) is 13.2 Å². The molecule has 0 aromatic heterocycles. The summed E-state index contributed by atoms with van der Waals surface area (Å²) in [4.78, 5) is 7.06. The zero-order valence-corrected chi connectivity index (χ0v) is 17.8. The summed E-state index contributed by atoms with van der Waals surface area (Å²) in [5.41, 5.74) is 1.24. The van der Waals surface area contributed by atoms with E-state index in [1.54, 1.807) is 7.11 Å². The highest BCUT2D eigenvalue weighted by atomic mass is 127. The molecule has 1 unspecified atom stereocenters. The normalized spacial score (nSPS) is 17.4. The van der Waals surface area contributed by atoms with Crippen LogP contribution in [0.25, 0.3) is 0 Å². The second-order valence-electron chi connectivity index (χ2n) is 6.18. The average molecular weight is 461 g/mol. The first-order valence-electron chi connectivity index (χ1n) is 8.97. The minimum Gasteiger partial charge on any atom is -0.385 e. The highest BCUT2D eigenvalue weighted by Gasteiger charge is 2.24. The molecule has 2 rings (SSSR count). The summed E-state index contributed by atoms with van der Waals surface area (Å²) >= 11 is 0. The predicted octanol–water partition coefficient (Wildman–Crippen LogP) is 3.15. The first-order chi connectivity index (χ1) is 11.8. The molecule has 0 bridgehead atoms. The first kappa shape index (κ1) is 22.2. The Bertz CT molecular complexity index is 485. The molecule has 1 fully saturated rings. The fourth-order valence-electron chi connectivity index (χ4n) is 2.90. The van der Waals surface area contributed by atoms with Crippen LogP contribution < -0.4 is 5.32 Å². The van der Waals surface area contributed by atoms with Crippen molar-refractivity contribution in [2.75, 3.05) is 46.5 Å². The third kappa shape index (κ3) is 8.37. The van der Waals surface area contributed by atoms with Gasteiger partial charge in [-0.1, -0.05) is 30.3 Å². The topological polar surface area (TPSA) is 46.1 Å². The van der Waals surface area contributed by atoms with Crippen LogP contribution in [0.4, 0.5) is 0 Å². The highest BCUT2D eigenvalue weighted by Crippen LogP contribution is 2.17. The van der Waals surface area contributed by atoms with Gasteiger partial charge in [0.2, 0.25) is 0 Å². The summed E-state index contributed by atoms with van der Waals surface area (Å²) in [6.07, 6.45) is 2.13. The number of guanidine groups is 1. The molecule has 0 amide bonds. The Morgan fingerprint density at radius 1 is 1.32 bits per heavy atom. The molecule has 1 aromatic rings. The number of methoxy groups -OCH3 is 1. The maximum atomic E-state index is 5.90. The smallest absolute Gasteiger partial charge is 0.193 e. The summed E-state index contributed by atoms with van der Waals surface area (Å²) in [5.74, 6) is 1.61. The third-order valence-corrected chi connectivity index (χ3v) is 4.15. The maximum Gasteiger partial charge on any atom is 0.193 e. The second-order valence-corrected chi connectivity index (χ2v) is 6.18. The van der Waals surface area contributed by atoms with Crippen LogP contribution in [0.15, 0.2) is 35.3 Å². The zero-order valence-electron chi connectivity index (χ0n) is 15.4. The third-order valence-electron chi connectivity index (χ3n) is 4.15. The number of halogens is 1. The lowest BCUT2D eigenvalue weighted by molar-refractivity contribution is 0.0906. The van der Waals surface area contributed by atoms with Gasteiger partial charge in [0.15, 0.2) is 5.96 Å². The standard InChI is InChI=1S/C19H31N3O2.HI/c1-3-20-19(21-11-7-13-23-2)22-12-10-18(14-22)16-24-15-17-8-5-4-6-9-17;/h4-6,8-9,18H,3,7,10-16H2,1-2H3,(H,20,21);1H. The van der Waals surface area contributed by atoms with Crippen molar-refractivity contribution in [2.24, 2.45) is 10.9 Å². The van der Waals surface area contributed by atoms with E-state index in [0.29, 0.717) is 12.5 Å². The van der Waals surface area contributed by atoms with E-state index in [1.807, 2.05) is 6.07 Å². The minimum atomic E-state index is 0. The number of hydrogen-bond acceptors (Lipinski definition) is 3. The molecule has 1 N–H and O–H groups in total. The fraction of sp³-hybridized carbons (Fsp3) is 0.632. The molecule has 1 saturated heterocycles. The van der Waals surface area contributed by atoms with E-state index < -0.39 is 0 Å². The van der Waals surface area contributed by atoms with Crippen LogP contribution in [-0.2, 0) is 16.1 Å². The van der Waals surface area contributed by atoms with Gasteiger partial charge in [-0.15, -0.1) is 24.0 Å². The van der Waals surface area contributed by atoms with Gasteiger partial charge in [0, 0.05) is 45.8 Å². The van der Waals surface area contributed by atoms with Crippen LogP contribution in [0.1, 0.15) is 25.3 Å². The van der Waals surface area contributed by atoms with Gasteiger partial charge < -0.3 is 19.7 Å². The SMILES string of the molecule is CCNC(=NCCCOC)N1CCC(COCc2ccccc2)C1.I. The van der Waals surface area contributed by atoms with Crippen LogP contribution in [0, 0.1) is 5.92 Å². The fourth-order valence-corrected chi connectivity index (χ4v) is 2.90. The Labute approximate surface area is 169 Å². The lowest BCUT2D eigenvalue weighted by Crippen LogP contribution is -2.40. The van der Waals surface area contributed by atoms with E-state index in [2.05, 4.69) is 41.4 Å². The molecule has 0 aliphatic carbocycles. The van der Waals surface area contributed by atoms with E-state index in [4.69, 9.17) is 14.5 Å². The predicted molar refractivity (Wildman–Crippen MR) is 114 cm³/mol. The van der Waals surface area contributed by atoms with E-state index in [0.717, 1.165) is 58.2 Å². The monoisotopic (exact) mass is 461 g/mol. The second kappa shape index (κ2) is 13.4. The molecule has 6 heteroatoms. The number of ether oxygens (including phenoxy) is 2. The molecule has 1 aliphatic heterocycles. The largest absolute Gasteiger partial charge is 0.385 e. The van der Waals surface area contributed by atoms with Crippen molar-refractivity contribution in [2.45, 2.75) is 26.4 Å². The highest BCUT2D eigenvalue weighted by molar-refractivity contribution is 14.0. The molecule has 142 valence electrons. The number of aliphatic imine (C=N–C) groups is 1. The molecule has 0 radical (unpaired) electrons. The molecule has 1 heterocycles. The summed E-state index contributed by atoms with van der Waals surface area (Å²) in [5, 5.41) is 3.40. The lowest BCUT2D eigenvalue weighted by Gasteiger charge is -2.21. The van der Waals surface area contributed by atoms with Gasteiger partial charge in [0.25, 0.3) is 0 Å². The first-order valence-corrected chi connectivity index (χ1v) is 8.97. The van der Waals surface area contributed by atoms with Gasteiger partial charge >= 0.3 is 0 Å². The van der Waals surface area contributed by atoms with Crippen molar-refractivity contribution in [1.29, 1.82) is 0 Å². The average Bonchev–Trinajstić information content (AvgIpc) is 3.07. The van der Waals surface area contributed by atoms with Crippen LogP contribution in [0.3, 0.4) is 0 Å². The molecule has 0 saturated carbocycles. The van der Waals surface area contributed by atoms with Crippen molar-refractivity contribution in [3.63, 3.8) is 0 Å². The molecule has 1 aliphatic rings. The molecular weight excluding hydrogens is 429 g/mol. The summed E-state index contributed by atoms with van der Waals surface area (Å²) in [6, 6.07) is 10.4. The summed E-state index contributed by atoms with van der Waals surface area (Å²) in [6.45, 7) is 8.16. The summed E-state index contributed by atoms with van der Waals surface area (Å²) in [7, 11) is 1.73. The van der Waals surface area contributed by atoms with Crippen molar-refractivity contribution >= 4 is 29.9 Å². The number of hydrogen-bond donors (Lipinski definition) is 1. The van der Waals surface area contributed by atoms with Crippen LogP contribution in [0.2, 0.25) is 0 Å². The molecular formula is C19H32IN3O2. The van der Waals surface area contributed by atoms with E-state index in [1.165, 1.54) is 5.56 Å². The summed E-state index contributed by atoms with van der Waals surface area (Å²) < 4.78 is 11.0. The van der Waals surface area contributed by atoms with Crippen molar-refractivity contribution < 1.29 is 9.47 Å². The van der Waals surface area contributed by atoms with E-state index >= 15 is 0 Å². The number of rotatable bonds is 9. The number of nitrogens with one attached hydrogen (secondary N) is 1. The quantitative estimate of drug-likeness (QED) is 0.266. The van der Waals surface area contributed by atoms with Crippen LogP contribution in [0.5, 0.6) is 0 Å². The molecule has 0 spiro atoms. The molecule has 1 atom stereocenters. The van der Waals surface area contributed by atoms with Crippen molar-refractivity contribution in [3.05, 3.63) is 35.9 Å². The van der Waals surface area contributed by atoms with E-state index in [-0.39, 0.29) is 24.0 Å². The number of benzene rings is 1. The van der Waals surface area contributed by atoms with Crippen molar-refractivity contribution in [3.8, 4) is 0 Å². The maximum absolute atomic E-state index is 5.90. The number of nitrogens with zero attached hydrogens (tertiary/aromatic N) is 2. The van der Waals surface area contributed by atoms with Gasteiger partial charge in [-0.05, 0) is 25.3 Å². The number of likely N-dealkylation sites (tertiary alicyclic amines) is 1. The Hall–Kier alpha value is -0.860. The van der Waals surface area contributed by atoms with Crippen LogP contribution in [-0.4, -0.2) is 57.4 Å². The Kier molecular flexibility index (Phi) is 11.9. The van der Waals surface area contributed by atoms with Gasteiger partial charge in [-0.3, -0.25) is 4.99 Å². The van der Waals surface area contributed by atoms with Gasteiger partial charge in [-0.25, -0.2) is 0 Å². The molecule has 1 aromatic carbocycles. The van der Waals surface area contributed by atoms with E-state index in [9.17, 15) is 0 Å². The van der Waals surface area contributed by atoms with Crippen molar-refractivity contribution in [1.82, 2.24) is 10.2 Å². The van der Waals surface area contributed by atoms with Gasteiger partial charge in [0.1, 0.15) is 0 Å². The minimum absolute atomic E-state index is 0. The molecule has 25 heavy (non-hydrogen) atoms.